The second kappa shape index (κ2) is 6.55. The molecule has 0 amide bonds. The normalized spacial score (nSPS) is 24.4. The van der Waals surface area contributed by atoms with E-state index >= 15 is 0 Å². The molecule has 2 aliphatic heterocycles. The lowest BCUT2D eigenvalue weighted by Crippen LogP contribution is -2.35. The summed E-state index contributed by atoms with van der Waals surface area (Å²) < 4.78 is 6.72. The number of carbonyl (C=O) groups is 2. The summed E-state index contributed by atoms with van der Waals surface area (Å²) in [5.74, 6) is -0.743. The van der Waals surface area contributed by atoms with Gasteiger partial charge in [0.05, 0.1) is 18.1 Å². The van der Waals surface area contributed by atoms with E-state index in [0.29, 0.717) is 30.1 Å². The molecular weight excluding hydrogens is 328 g/mol. The fourth-order valence-electron chi connectivity index (χ4n) is 3.55. The number of hydrogen-bond acceptors (Lipinski definition) is 4. The molecule has 6 heteroatoms. The minimum Gasteiger partial charge on any atom is -0.469 e. The molecule has 24 heavy (non-hydrogen) atoms. The molecule has 0 saturated heterocycles. The van der Waals surface area contributed by atoms with Crippen LogP contribution >= 0.6 is 11.6 Å². The van der Waals surface area contributed by atoms with Crippen LogP contribution < -0.4 is 0 Å². The maximum Gasteiger partial charge on any atom is 0.314 e. The number of fused-ring (bicyclic) bond motifs is 1. The van der Waals surface area contributed by atoms with Gasteiger partial charge in [-0.15, -0.1) is 0 Å². The van der Waals surface area contributed by atoms with Gasteiger partial charge in [-0.25, -0.2) is 0 Å². The summed E-state index contributed by atoms with van der Waals surface area (Å²) in [7, 11) is 1.37. The monoisotopic (exact) mass is 348 g/mol. The first-order valence-electron chi connectivity index (χ1n) is 8.28. The lowest BCUT2D eigenvalue weighted by molar-refractivity contribution is -0.142. The van der Waals surface area contributed by atoms with Crippen molar-refractivity contribution in [2.75, 3.05) is 7.11 Å². The van der Waals surface area contributed by atoms with Gasteiger partial charge in [0.2, 0.25) is 5.78 Å². The third kappa shape index (κ3) is 2.61. The largest absolute Gasteiger partial charge is 0.469 e. The zero-order valence-electron chi connectivity index (χ0n) is 13.9. The maximum absolute atomic E-state index is 13.3. The van der Waals surface area contributed by atoms with E-state index in [-0.39, 0.29) is 17.7 Å². The van der Waals surface area contributed by atoms with Gasteiger partial charge < -0.3 is 9.30 Å². The molecule has 3 rings (SSSR count). The van der Waals surface area contributed by atoms with E-state index in [0.717, 1.165) is 18.5 Å². The van der Waals surface area contributed by atoms with E-state index < -0.39 is 5.54 Å². The van der Waals surface area contributed by atoms with E-state index in [1.165, 1.54) is 7.11 Å². The SMILES string of the molecule is CCCCC1(C(=O)c2c(Cl)cc3n2CCC3C(=O)OC)C=CC=N1. The predicted octanol–water partition coefficient (Wildman–Crippen LogP) is 3.55. The second-order valence-corrected chi connectivity index (χ2v) is 6.68. The molecule has 0 aromatic carbocycles. The summed E-state index contributed by atoms with van der Waals surface area (Å²) in [6, 6.07) is 1.72. The van der Waals surface area contributed by atoms with Crippen molar-refractivity contribution in [1.82, 2.24) is 4.57 Å². The van der Waals surface area contributed by atoms with E-state index in [1.54, 1.807) is 12.3 Å². The number of methoxy groups -OCH3 is 1. The van der Waals surface area contributed by atoms with Crippen molar-refractivity contribution < 1.29 is 14.3 Å². The third-order valence-electron chi connectivity index (χ3n) is 4.85. The van der Waals surface area contributed by atoms with Crippen LogP contribution in [0.15, 0.2) is 23.2 Å². The molecule has 3 heterocycles. The highest BCUT2D eigenvalue weighted by Crippen LogP contribution is 2.39. The lowest BCUT2D eigenvalue weighted by Gasteiger charge is -2.23. The lowest BCUT2D eigenvalue weighted by atomic mass is 9.87. The number of hydrogen-bond donors (Lipinski definition) is 0. The number of nitrogens with zero attached hydrogens (tertiary/aromatic N) is 2. The summed E-state index contributed by atoms with van der Waals surface area (Å²) in [5, 5.41) is 0.384. The molecule has 2 atom stereocenters. The van der Waals surface area contributed by atoms with E-state index in [1.807, 2.05) is 16.7 Å². The number of ketones is 1. The van der Waals surface area contributed by atoms with Crippen molar-refractivity contribution in [2.45, 2.75) is 50.6 Å². The second-order valence-electron chi connectivity index (χ2n) is 6.28. The quantitative estimate of drug-likeness (QED) is 0.583. The molecule has 2 aliphatic rings. The van der Waals surface area contributed by atoms with Crippen LogP contribution in [-0.4, -0.2) is 35.2 Å². The highest BCUT2D eigenvalue weighted by molar-refractivity contribution is 6.34. The highest BCUT2D eigenvalue weighted by Gasteiger charge is 2.42. The minimum absolute atomic E-state index is 0.0947. The van der Waals surface area contributed by atoms with Crippen molar-refractivity contribution in [3.05, 3.63) is 34.6 Å². The van der Waals surface area contributed by atoms with Crippen molar-refractivity contribution in [3.8, 4) is 0 Å². The predicted molar refractivity (Wildman–Crippen MR) is 93.0 cm³/mol. The molecule has 1 aromatic heterocycles. The topological polar surface area (TPSA) is 60.7 Å². The Morgan fingerprint density at radius 1 is 1.50 bits per heavy atom. The molecule has 0 spiro atoms. The average molecular weight is 349 g/mol. The summed E-state index contributed by atoms with van der Waals surface area (Å²) in [5.41, 5.74) is 0.350. The van der Waals surface area contributed by atoms with Gasteiger partial charge in [0.25, 0.3) is 0 Å². The first-order chi connectivity index (χ1) is 11.5. The number of rotatable bonds is 6. The number of carbonyl (C=O) groups excluding carboxylic acids is 2. The number of allylic oxidation sites excluding steroid dienone is 1. The molecule has 0 N–H and O–H groups in total. The number of Topliss-reactive ketones (excluding diaryl/α,β-unsaturated/α-hetero) is 1. The van der Waals surface area contributed by atoms with Gasteiger partial charge in [0.15, 0.2) is 0 Å². The van der Waals surface area contributed by atoms with E-state index in [9.17, 15) is 9.59 Å². The van der Waals surface area contributed by atoms with Crippen LogP contribution in [-0.2, 0) is 16.1 Å². The Hall–Kier alpha value is -1.88. The maximum atomic E-state index is 13.3. The molecular formula is C18H21ClN2O3. The third-order valence-corrected chi connectivity index (χ3v) is 5.14. The van der Waals surface area contributed by atoms with Crippen molar-refractivity contribution in [2.24, 2.45) is 4.99 Å². The number of aromatic nitrogens is 1. The first kappa shape index (κ1) is 17.0. The molecule has 0 radical (unpaired) electrons. The van der Waals surface area contributed by atoms with Crippen molar-refractivity contribution >= 4 is 29.6 Å². The zero-order valence-corrected chi connectivity index (χ0v) is 14.7. The molecule has 0 aliphatic carbocycles. The zero-order chi connectivity index (χ0) is 17.3. The Morgan fingerprint density at radius 3 is 2.92 bits per heavy atom. The Bertz CT molecular complexity index is 721. The fraction of sp³-hybridized carbons (Fsp3) is 0.500. The first-order valence-corrected chi connectivity index (χ1v) is 8.66. The summed E-state index contributed by atoms with van der Waals surface area (Å²) in [6.45, 7) is 2.67. The molecule has 0 saturated carbocycles. The van der Waals surface area contributed by atoms with Gasteiger partial charge in [-0.2, -0.15) is 0 Å². The Balaban J connectivity index is 1.99. The average Bonchev–Trinajstić information content (AvgIpc) is 3.27. The molecule has 128 valence electrons. The van der Waals surface area contributed by atoms with Crippen molar-refractivity contribution in [3.63, 3.8) is 0 Å². The smallest absolute Gasteiger partial charge is 0.314 e. The fourth-order valence-corrected chi connectivity index (χ4v) is 3.85. The molecule has 2 unspecified atom stereocenters. The van der Waals surface area contributed by atoms with Crippen molar-refractivity contribution in [1.29, 1.82) is 0 Å². The Kier molecular flexibility index (Phi) is 4.63. The van der Waals surface area contributed by atoms with Crippen LogP contribution in [0.2, 0.25) is 5.02 Å². The minimum atomic E-state index is -0.863. The number of ether oxygens (including phenoxy) is 1. The number of unbranched alkanes of at least 4 members (excludes halogenated alkanes) is 1. The number of aliphatic imine (C=N–C) groups is 1. The van der Waals surface area contributed by atoms with Gasteiger partial charge in [-0.05, 0) is 31.1 Å². The Morgan fingerprint density at radius 2 is 2.29 bits per heavy atom. The molecule has 1 aromatic rings. The van der Waals surface area contributed by atoms with Crippen LogP contribution in [0.5, 0.6) is 0 Å². The van der Waals surface area contributed by atoms with E-state index in [2.05, 4.69) is 11.9 Å². The van der Waals surface area contributed by atoms with Crippen LogP contribution in [0, 0.1) is 0 Å². The van der Waals surface area contributed by atoms with Gasteiger partial charge in [-0.1, -0.05) is 31.4 Å². The highest BCUT2D eigenvalue weighted by atomic mass is 35.5. The van der Waals surface area contributed by atoms with Crippen LogP contribution in [0.3, 0.4) is 0 Å². The molecule has 5 nitrogen and oxygen atoms in total. The standard InChI is InChI=1S/C18H21ClN2O3/c1-3-4-7-18(8-5-9-20-18)16(22)15-13(19)11-14-12(17(23)24-2)6-10-21(14)15/h5,8-9,11-12H,3-4,6-7,10H2,1-2H3. The van der Waals surface area contributed by atoms with Gasteiger partial charge >= 0.3 is 5.97 Å². The summed E-state index contributed by atoms with van der Waals surface area (Å²) in [6.07, 6.45) is 8.52. The van der Waals surface area contributed by atoms with Crippen LogP contribution in [0.4, 0.5) is 0 Å². The van der Waals surface area contributed by atoms with Crippen LogP contribution in [0.25, 0.3) is 0 Å². The van der Waals surface area contributed by atoms with Crippen LogP contribution in [0.1, 0.15) is 54.7 Å². The summed E-state index contributed by atoms with van der Waals surface area (Å²) in [4.78, 5) is 29.7. The van der Waals surface area contributed by atoms with Gasteiger partial charge in [0, 0.05) is 18.5 Å². The summed E-state index contributed by atoms with van der Waals surface area (Å²) >= 11 is 6.38. The van der Waals surface area contributed by atoms with Gasteiger partial charge in [0.1, 0.15) is 11.2 Å². The Labute approximate surface area is 146 Å². The molecule has 0 fully saturated rings. The molecule has 0 bridgehead atoms. The van der Waals surface area contributed by atoms with E-state index in [4.69, 9.17) is 16.3 Å². The number of halogens is 1. The van der Waals surface area contributed by atoms with Gasteiger partial charge in [-0.3, -0.25) is 14.6 Å². The number of esters is 1.